The van der Waals surface area contributed by atoms with Crippen LogP contribution >= 0.6 is 0 Å². The highest BCUT2D eigenvalue weighted by Crippen LogP contribution is 2.23. The van der Waals surface area contributed by atoms with Gasteiger partial charge in [-0.25, -0.2) is 13.4 Å². The number of aryl methyl sites for hydroxylation is 1. The van der Waals surface area contributed by atoms with Gasteiger partial charge >= 0.3 is 0 Å². The number of nitrogens with zero attached hydrogens (tertiary/aromatic N) is 3. The van der Waals surface area contributed by atoms with E-state index in [1.54, 1.807) is 0 Å². The van der Waals surface area contributed by atoms with Crippen LogP contribution in [0.2, 0.25) is 0 Å². The number of sulfone groups is 1. The molecule has 1 aliphatic rings. The Morgan fingerprint density at radius 3 is 2.57 bits per heavy atom. The Labute approximate surface area is 166 Å². The summed E-state index contributed by atoms with van der Waals surface area (Å²) in [5.41, 5.74) is 4.59. The SMILES string of the molecule is CCN(Cc1nc2ccccc2n1Cc1ccc(C)cc1)C1CCS(=O)(=O)C1. The van der Waals surface area contributed by atoms with Crippen molar-refractivity contribution in [3.8, 4) is 0 Å². The van der Waals surface area contributed by atoms with E-state index >= 15 is 0 Å². The molecule has 148 valence electrons. The van der Waals surface area contributed by atoms with Crippen LogP contribution < -0.4 is 0 Å². The normalized spacial score (nSPS) is 18.9. The largest absolute Gasteiger partial charge is 0.322 e. The molecule has 0 bridgehead atoms. The van der Waals surface area contributed by atoms with Crippen molar-refractivity contribution in [2.24, 2.45) is 0 Å². The van der Waals surface area contributed by atoms with E-state index in [-0.39, 0.29) is 11.8 Å². The Hall–Kier alpha value is -2.18. The van der Waals surface area contributed by atoms with Crippen LogP contribution in [-0.4, -0.2) is 47.0 Å². The van der Waals surface area contributed by atoms with Crippen molar-refractivity contribution >= 4 is 20.9 Å². The molecule has 1 saturated heterocycles. The third-order valence-electron chi connectivity index (χ3n) is 5.67. The molecule has 2 heterocycles. The second kappa shape index (κ2) is 7.68. The molecule has 1 aliphatic heterocycles. The Morgan fingerprint density at radius 2 is 1.89 bits per heavy atom. The van der Waals surface area contributed by atoms with E-state index in [0.717, 1.165) is 29.9 Å². The third-order valence-corrected chi connectivity index (χ3v) is 7.42. The monoisotopic (exact) mass is 397 g/mol. The molecule has 0 spiro atoms. The van der Waals surface area contributed by atoms with Gasteiger partial charge in [-0.15, -0.1) is 0 Å². The molecule has 0 amide bonds. The molecule has 5 nitrogen and oxygen atoms in total. The van der Waals surface area contributed by atoms with Gasteiger partial charge in [-0.2, -0.15) is 0 Å². The molecule has 2 aromatic carbocycles. The van der Waals surface area contributed by atoms with Gasteiger partial charge in [0.25, 0.3) is 0 Å². The third kappa shape index (κ3) is 3.98. The minimum atomic E-state index is -2.90. The van der Waals surface area contributed by atoms with Crippen LogP contribution in [0, 0.1) is 6.92 Å². The average molecular weight is 398 g/mol. The van der Waals surface area contributed by atoms with Crippen LogP contribution in [-0.2, 0) is 22.9 Å². The number of fused-ring (bicyclic) bond motifs is 1. The maximum absolute atomic E-state index is 11.9. The zero-order valence-electron chi connectivity index (χ0n) is 16.5. The maximum atomic E-state index is 11.9. The first-order valence-electron chi connectivity index (χ1n) is 9.89. The zero-order valence-corrected chi connectivity index (χ0v) is 17.3. The van der Waals surface area contributed by atoms with Crippen molar-refractivity contribution in [1.82, 2.24) is 14.5 Å². The fourth-order valence-corrected chi connectivity index (χ4v) is 5.80. The first-order valence-corrected chi connectivity index (χ1v) is 11.7. The number of imidazole rings is 1. The topological polar surface area (TPSA) is 55.2 Å². The molecule has 1 fully saturated rings. The summed E-state index contributed by atoms with van der Waals surface area (Å²) in [6.07, 6.45) is 0.717. The smallest absolute Gasteiger partial charge is 0.151 e. The summed E-state index contributed by atoms with van der Waals surface area (Å²) < 4.78 is 26.2. The van der Waals surface area contributed by atoms with E-state index in [0.29, 0.717) is 18.7 Å². The lowest BCUT2D eigenvalue weighted by atomic mass is 10.1. The van der Waals surface area contributed by atoms with Crippen LogP contribution in [0.3, 0.4) is 0 Å². The Kier molecular flexibility index (Phi) is 5.25. The van der Waals surface area contributed by atoms with Crippen molar-refractivity contribution in [2.75, 3.05) is 18.1 Å². The quantitative estimate of drug-likeness (QED) is 0.640. The predicted octanol–water partition coefficient (Wildman–Crippen LogP) is 3.40. The second-order valence-corrected chi connectivity index (χ2v) is 9.94. The fourth-order valence-electron chi connectivity index (χ4n) is 4.04. The minimum absolute atomic E-state index is 0.0858. The Morgan fingerprint density at radius 1 is 1.14 bits per heavy atom. The number of hydrogen-bond donors (Lipinski definition) is 0. The molecule has 3 aromatic rings. The minimum Gasteiger partial charge on any atom is -0.322 e. The molecule has 1 atom stereocenters. The van der Waals surface area contributed by atoms with Crippen molar-refractivity contribution in [2.45, 2.75) is 39.4 Å². The van der Waals surface area contributed by atoms with Crippen LogP contribution in [0.4, 0.5) is 0 Å². The lowest BCUT2D eigenvalue weighted by Crippen LogP contribution is -2.36. The number of aromatic nitrogens is 2. The van der Waals surface area contributed by atoms with Gasteiger partial charge in [0.15, 0.2) is 9.84 Å². The molecule has 0 saturated carbocycles. The molecule has 1 unspecified atom stereocenters. The summed E-state index contributed by atoms with van der Waals surface area (Å²) in [6, 6.07) is 16.9. The number of benzene rings is 2. The van der Waals surface area contributed by atoms with Gasteiger partial charge in [0.1, 0.15) is 5.82 Å². The number of para-hydroxylation sites is 2. The molecular formula is C22H27N3O2S. The average Bonchev–Trinajstić information content (AvgIpc) is 3.21. The first-order chi connectivity index (χ1) is 13.4. The van der Waals surface area contributed by atoms with Crippen LogP contribution in [0.25, 0.3) is 11.0 Å². The predicted molar refractivity (Wildman–Crippen MR) is 113 cm³/mol. The maximum Gasteiger partial charge on any atom is 0.151 e. The summed E-state index contributed by atoms with van der Waals surface area (Å²) in [5, 5.41) is 0. The van der Waals surface area contributed by atoms with Gasteiger partial charge in [0, 0.05) is 12.6 Å². The first kappa shape index (κ1) is 19.2. The molecule has 1 aromatic heterocycles. The van der Waals surface area contributed by atoms with Crippen molar-refractivity contribution in [3.63, 3.8) is 0 Å². The van der Waals surface area contributed by atoms with Crippen molar-refractivity contribution < 1.29 is 8.42 Å². The highest BCUT2D eigenvalue weighted by molar-refractivity contribution is 7.91. The van der Waals surface area contributed by atoms with Crippen LogP contribution in [0.5, 0.6) is 0 Å². The van der Waals surface area contributed by atoms with E-state index < -0.39 is 9.84 Å². The lowest BCUT2D eigenvalue weighted by molar-refractivity contribution is 0.207. The van der Waals surface area contributed by atoms with Gasteiger partial charge in [-0.05, 0) is 37.6 Å². The van der Waals surface area contributed by atoms with Gasteiger partial charge < -0.3 is 4.57 Å². The highest BCUT2D eigenvalue weighted by atomic mass is 32.2. The molecule has 0 aliphatic carbocycles. The van der Waals surface area contributed by atoms with Crippen molar-refractivity contribution in [3.05, 3.63) is 65.5 Å². The van der Waals surface area contributed by atoms with Gasteiger partial charge in [0.2, 0.25) is 0 Å². The molecule has 28 heavy (non-hydrogen) atoms. The van der Waals surface area contributed by atoms with E-state index in [2.05, 4.69) is 53.6 Å². The van der Waals surface area contributed by atoms with E-state index in [9.17, 15) is 8.42 Å². The van der Waals surface area contributed by atoms with E-state index in [1.165, 1.54) is 11.1 Å². The van der Waals surface area contributed by atoms with E-state index in [4.69, 9.17) is 4.98 Å². The Bertz CT molecular complexity index is 1070. The fraction of sp³-hybridized carbons (Fsp3) is 0.409. The number of rotatable bonds is 6. The second-order valence-electron chi connectivity index (χ2n) is 7.71. The summed E-state index contributed by atoms with van der Waals surface area (Å²) >= 11 is 0. The summed E-state index contributed by atoms with van der Waals surface area (Å²) in [7, 11) is -2.90. The summed E-state index contributed by atoms with van der Waals surface area (Å²) in [5.74, 6) is 1.56. The molecule has 4 rings (SSSR count). The molecular weight excluding hydrogens is 370 g/mol. The standard InChI is InChI=1S/C22H27N3O2S/c1-3-24(19-12-13-28(26,27)16-19)15-22-23-20-6-4-5-7-21(20)25(22)14-18-10-8-17(2)9-11-18/h4-11,19H,3,12-16H2,1-2H3. The molecule has 0 radical (unpaired) electrons. The molecule has 0 N–H and O–H groups in total. The van der Waals surface area contributed by atoms with E-state index in [1.807, 2.05) is 18.2 Å². The van der Waals surface area contributed by atoms with Gasteiger partial charge in [-0.1, -0.05) is 48.9 Å². The Balaban J connectivity index is 1.66. The highest BCUT2D eigenvalue weighted by Gasteiger charge is 2.32. The van der Waals surface area contributed by atoms with Gasteiger partial charge in [-0.3, -0.25) is 4.90 Å². The van der Waals surface area contributed by atoms with Crippen LogP contribution in [0.1, 0.15) is 30.3 Å². The zero-order chi connectivity index (χ0) is 19.7. The van der Waals surface area contributed by atoms with Crippen LogP contribution in [0.15, 0.2) is 48.5 Å². The summed E-state index contributed by atoms with van der Waals surface area (Å²) in [6.45, 7) is 6.43. The molecule has 6 heteroatoms. The summed E-state index contributed by atoms with van der Waals surface area (Å²) in [4.78, 5) is 7.16. The van der Waals surface area contributed by atoms with Gasteiger partial charge in [0.05, 0.1) is 29.1 Å². The number of hydrogen-bond acceptors (Lipinski definition) is 4. The van der Waals surface area contributed by atoms with Crippen molar-refractivity contribution in [1.29, 1.82) is 0 Å². The lowest BCUT2D eigenvalue weighted by Gasteiger charge is -2.26.